The number of aromatic carboxylic acids is 1. The molecule has 0 spiro atoms. The Labute approximate surface area is 362 Å². The van der Waals surface area contributed by atoms with Crippen LogP contribution in [0.15, 0.2) is 109 Å². The predicted molar refractivity (Wildman–Crippen MR) is 240 cm³/mol. The van der Waals surface area contributed by atoms with Crippen molar-refractivity contribution in [2.24, 2.45) is 0 Å². The quantitative estimate of drug-likeness (QED) is 0.0328. The summed E-state index contributed by atoms with van der Waals surface area (Å²) in [5.41, 5.74) is 9.77. The zero-order chi connectivity index (χ0) is 38.8. The maximum Gasteiger partial charge on any atom is 0.354 e. The van der Waals surface area contributed by atoms with Crippen molar-refractivity contribution >= 4 is 31.2 Å². The maximum absolute atomic E-state index is 10.1. The number of carboxylic acids is 1. The van der Waals surface area contributed by atoms with E-state index in [2.05, 4.69) is 115 Å². The molecule has 302 valence electrons. The molecule has 0 radical (unpaired) electrons. The van der Waals surface area contributed by atoms with E-state index in [-0.39, 0.29) is 26.8 Å². The maximum atomic E-state index is 10.1. The van der Waals surface area contributed by atoms with Gasteiger partial charge in [-0.3, -0.25) is 0 Å². The number of carboxylic acid groups (broad SMARTS) is 1. The molecule has 1 N–H and O–H groups in total. The van der Waals surface area contributed by atoms with Crippen molar-refractivity contribution in [2.45, 2.75) is 116 Å². The van der Waals surface area contributed by atoms with Gasteiger partial charge in [0.05, 0.1) is 0 Å². The minimum absolute atomic E-state index is 0. The number of hydrogen-bond acceptors (Lipinski definition) is 5. The molecular weight excluding hydrogens is 908 g/mol. The van der Waals surface area contributed by atoms with Crippen molar-refractivity contribution in [1.82, 2.24) is 9.97 Å². The predicted octanol–water partition coefficient (Wildman–Crippen LogP) is 13.8. The third-order valence-electron chi connectivity index (χ3n) is 10.1. The van der Waals surface area contributed by atoms with Crippen LogP contribution in [0.5, 0.6) is 0 Å². The first-order chi connectivity index (χ1) is 27.1. The summed E-state index contributed by atoms with van der Waals surface area (Å²) in [7, 11) is 0. The summed E-state index contributed by atoms with van der Waals surface area (Å²) in [5, 5.41) is 8.32. The van der Waals surface area contributed by atoms with Crippen LogP contribution in [0.2, 0.25) is 0 Å². The summed E-state index contributed by atoms with van der Waals surface area (Å²) in [4.78, 5) is 18.5. The average molecular weight is 969 g/mol. The second-order valence-corrected chi connectivity index (χ2v) is 15.3. The second-order valence-electron chi connectivity index (χ2n) is 14.4. The van der Waals surface area contributed by atoms with Crippen molar-refractivity contribution < 1.29 is 31.0 Å². The fourth-order valence-electron chi connectivity index (χ4n) is 6.71. The molecule has 0 atom stereocenters. The van der Waals surface area contributed by atoms with Crippen LogP contribution in [-0.4, -0.2) is 32.5 Å². The first kappa shape index (κ1) is 47.2. The molecule has 5 aromatic rings. The van der Waals surface area contributed by atoms with Crippen LogP contribution in [0.25, 0.3) is 33.5 Å². The first-order valence-electron chi connectivity index (χ1n) is 20.6. The zero-order valence-electron chi connectivity index (χ0n) is 33.0. The van der Waals surface area contributed by atoms with Crippen molar-refractivity contribution in [3.05, 3.63) is 132 Å². The van der Waals surface area contributed by atoms with Gasteiger partial charge in [0.15, 0.2) is 0 Å². The number of benzene rings is 3. The Balaban J connectivity index is 0.000000738. The third-order valence-corrected chi connectivity index (χ3v) is 10.7. The van der Waals surface area contributed by atoms with Gasteiger partial charge in [0, 0.05) is 33.5 Å². The van der Waals surface area contributed by atoms with E-state index in [0.717, 1.165) is 28.3 Å². The minimum atomic E-state index is -0.990. The van der Waals surface area contributed by atoms with Gasteiger partial charge in [-0.2, -0.15) is 25.3 Å². The van der Waals surface area contributed by atoms with Crippen LogP contribution >= 0.6 is 25.3 Å². The number of pyridine rings is 2. The van der Waals surface area contributed by atoms with Gasteiger partial charge in [-0.05, 0) is 90.1 Å². The Morgan fingerprint density at radius 3 is 1.38 bits per heavy atom. The Morgan fingerprint density at radius 2 is 0.982 bits per heavy atom. The normalized spacial score (nSPS) is 10.7. The zero-order valence-corrected chi connectivity index (χ0v) is 37.1. The summed E-state index contributed by atoms with van der Waals surface area (Å²) in [6.07, 6.45) is 27.2. The molecule has 0 aliphatic heterocycles. The standard InChI is InChI=1S/C43H56NS2.C6H5NO2.Pt/c45-33-15-11-7-3-1-5-9-13-17-36-19-23-38(24-20-36)39-27-29-41(30-28-39)43-32-31-42(35-44-43)40-25-21-37(22-26-40)18-14-10-6-2-4-8-12-16-34-46;8-6(9)5-3-1-2-4-7-5;/h19-29,31-32,35,45-46H,1-18,33-34H2;1-4H,(H,8,9);/q-1;;. The second kappa shape index (κ2) is 29.1. The van der Waals surface area contributed by atoms with E-state index in [1.54, 1.807) is 12.1 Å². The summed E-state index contributed by atoms with van der Waals surface area (Å²) >= 11 is 8.59. The molecule has 56 heavy (non-hydrogen) atoms. The molecule has 4 nitrogen and oxygen atoms in total. The fourth-order valence-corrected chi connectivity index (χ4v) is 7.16. The van der Waals surface area contributed by atoms with Gasteiger partial charge in [-0.15, -0.1) is 29.8 Å². The number of unbranched alkanes of at least 4 members (excludes halogenated alkanes) is 14. The first-order valence-corrected chi connectivity index (χ1v) is 21.9. The minimum Gasteiger partial charge on any atom is -0.477 e. The molecule has 2 aromatic heterocycles. The summed E-state index contributed by atoms with van der Waals surface area (Å²) in [6.45, 7) is 0. The summed E-state index contributed by atoms with van der Waals surface area (Å²) < 4.78 is 0. The summed E-state index contributed by atoms with van der Waals surface area (Å²) in [6, 6.07) is 37.1. The Bertz CT molecular complexity index is 1630. The van der Waals surface area contributed by atoms with Crippen LogP contribution in [0.1, 0.15) is 124 Å². The van der Waals surface area contributed by atoms with E-state index in [9.17, 15) is 4.79 Å². The number of hydrogen-bond donors (Lipinski definition) is 3. The smallest absolute Gasteiger partial charge is 0.354 e. The molecule has 3 aromatic carbocycles. The average Bonchev–Trinajstić information content (AvgIpc) is 3.23. The van der Waals surface area contributed by atoms with Gasteiger partial charge in [0.1, 0.15) is 5.69 Å². The number of nitrogens with zero attached hydrogens (tertiary/aromatic N) is 2. The largest absolute Gasteiger partial charge is 0.477 e. The van der Waals surface area contributed by atoms with E-state index in [4.69, 9.17) is 10.1 Å². The molecule has 2 heterocycles. The van der Waals surface area contributed by atoms with E-state index in [0.29, 0.717) is 0 Å². The molecule has 0 saturated heterocycles. The Kier molecular flexibility index (Phi) is 24.5. The van der Waals surface area contributed by atoms with Gasteiger partial charge < -0.3 is 10.1 Å². The van der Waals surface area contributed by atoms with Gasteiger partial charge in [0.25, 0.3) is 0 Å². The van der Waals surface area contributed by atoms with Crippen molar-refractivity contribution in [3.63, 3.8) is 0 Å². The van der Waals surface area contributed by atoms with E-state index in [1.165, 1.54) is 156 Å². The van der Waals surface area contributed by atoms with Crippen LogP contribution < -0.4 is 0 Å². The number of aryl methyl sites for hydroxylation is 2. The van der Waals surface area contributed by atoms with Crippen LogP contribution in [0.4, 0.5) is 0 Å². The van der Waals surface area contributed by atoms with E-state index in [1.807, 2.05) is 6.20 Å². The molecule has 0 saturated carbocycles. The summed E-state index contributed by atoms with van der Waals surface area (Å²) in [5.74, 6) is 1.07. The number of rotatable bonds is 24. The molecular formula is C49H61N2O2PtS2-. The number of thiol groups is 2. The van der Waals surface area contributed by atoms with Crippen LogP contribution in [0.3, 0.4) is 0 Å². The van der Waals surface area contributed by atoms with Gasteiger partial charge in [0.2, 0.25) is 0 Å². The van der Waals surface area contributed by atoms with Crippen molar-refractivity contribution in [1.29, 1.82) is 0 Å². The van der Waals surface area contributed by atoms with Crippen LogP contribution in [-0.2, 0) is 33.9 Å². The molecule has 0 bridgehead atoms. The molecule has 0 aliphatic carbocycles. The molecule has 5 rings (SSSR count). The molecule has 7 heteroatoms. The molecule has 0 amide bonds. The van der Waals surface area contributed by atoms with E-state index >= 15 is 0 Å². The van der Waals surface area contributed by atoms with Gasteiger partial charge in [-0.25, -0.2) is 9.78 Å². The monoisotopic (exact) mass is 968 g/mol. The third kappa shape index (κ3) is 18.4. The number of carbonyl (C=O) groups is 1. The molecule has 0 aliphatic rings. The van der Waals surface area contributed by atoms with Crippen LogP contribution in [0, 0.1) is 6.07 Å². The van der Waals surface area contributed by atoms with Crippen molar-refractivity contribution in [3.8, 4) is 33.5 Å². The van der Waals surface area contributed by atoms with Gasteiger partial charge >= 0.3 is 5.97 Å². The Morgan fingerprint density at radius 1 is 0.518 bits per heavy atom. The number of aromatic nitrogens is 2. The molecule has 0 fully saturated rings. The van der Waals surface area contributed by atoms with E-state index < -0.39 is 5.97 Å². The molecule has 0 unspecified atom stereocenters. The SMILES string of the molecule is O=C(O)c1ccccn1.SCCCCCCCCCCc1ccc(-c2c[c-]c(-c3ccc(-c4ccc(CCCCCCCCCCS)cc4)cn3)cc2)cc1.[Pt]. The van der Waals surface area contributed by atoms with Crippen molar-refractivity contribution in [2.75, 3.05) is 11.5 Å². The fraction of sp³-hybridized carbons (Fsp3) is 0.408. The Hall–Kier alpha value is -3.18. The topological polar surface area (TPSA) is 63.1 Å². The van der Waals surface area contributed by atoms with Gasteiger partial charge in [-0.1, -0.05) is 155 Å².